The van der Waals surface area contributed by atoms with Gasteiger partial charge in [-0.25, -0.2) is 19.7 Å². The van der Waals surface area contributed by atoms with E-state index in [1.807, 2.05) is 6.92 Å². The Bertz CT molecular complexity index is 2640. The summed E-state index contributed by atoms with van der Waals surface area (Å²) in [6.07, 6.45) is 7.42. The number of nitrogens with one attached hydrogen (secondary N) is 1. The molecule has 0 fully saturated rings. The Morgan fingerprint density at radius 1 is 0.738 bits per heavy atom. The highest BCUT2D eigenvalue weighted by atomic mass is 16.6. The number of carbonyl (C=O) groups excluding carboxylic acids is 1. The summed E-state index contributed by atoms with van der Waals surface area (Å²) < 4.78 is 19.8. The Morgan fingerprint density at radius 3 is 1.88 bits per heavy atom. The van der Waals surface area contributed by atoms with Crippen LogP contribution in [0.3, 0.4) is 0 Å². The zero-order chi connectivity index (χ0) is 47.3. The number of carbonyl (C=O) groups is 3. The van der Waals surface area contributed by atoms with Crippen LogP contribution in [0.4, 0.5) is 28.1 Å². The Kier molecular flexibility index (Phi) is 16.1. The van der Waals surface area contributed by atoms with Gasteiger partial charge >= 0.3 is 18.0 Å². The van der Waals surface area contributed by atoms with Crippen LogP contribution < -0.4 is 19.7 Å². The lowest BCUT2D eigenvalue weighted by Gasteiger charge is -2.26. The molecule has 24 heteroatoms. The average Bonchev–Trinajstić information content (AvgIpc) is 3.84. The first kappa shape index (κ1) is 48.0. The van der Waals surface area contributed by atoms with Crippen molar-refractivity contribution >= 4 is 63.6 Å². The summed E-state index contributed by atoms with van der Waals surface area (Å²) in [5, 5.41) is 43.4. The molecule has 0 aliphatic rings. The first-order valence-corrected chi connectivity index (χ1v) is 20.4. The number of hydrogen-bond acceptors (Lipinski definition) is 17. The Labute approximate surface area is 370 Å². The van der Waals surface area contributed by atoms with Crippen LogP contribution >= 0.6 is 0 Å². The van der Waals surface area contributed by atoms with Gasteiger partial charge in [0.1, 0.15) is 30.2 Å². The third-order valence-electron chi connectivity index (χ3n) is 8.87. The third-order valence-corrected chi connectivity index (χ3v) is 8.87. The van der Waals surface area contributed by atoms with E-state index in [-0.39, 0.29) is 76.3 Å². The predicted molar refractivity (Wildman–Crippen MR) is 233 cm³/mol. The molecule has 4 heterocycles. The Morgan fingerprint density at radius 2 is 1.31 bits per heavy atom. The number of anilines is 2. The van der Waals surface area contributed by atoms with Crippen LogP contribution in [0, 0.1) is 20.2 Å². The van der Waals surface area contributed by atoms with E-state index in [4.69, 9.17) is 19.3 Å². The van der Waals surface area contributed by atoms with Crippen molar-refractivity contribution in [2.75, 3.05) is 23.3 Å². The van der Waals surface area contributed by atoms with Gasteiger partial charge in [0.05, 0.1) is 28.6 Å². The quantitative estimate of drug-likeness (QED) is 0.0374. The molecule has 0 aliphatic carbocycles. The number of nitrogens with zero attached hydrogens (tertiary/aromatic N) is 11. The minimum Gasteiger partial charge on any atom is -0.480 e. The largest absolute Gasteiger partial charge is 0.480 e. The van der Waals surface area contributed by atoms with Crippen LogP contribution in [0.25, 0.3) is 22.3 Å². The molecule has 0 saturated carbocycles. The molecule has 0 spiro atoms. The molecular formula is C41H48N12O12. The number of amides is 1. The van der Waals surface area contributed by atoms with Crippen LogP contribution in [0.15, 0.2) is 61.2 Å². The van der Waals surface area contributed by atoms with Crippen LogP contribution in [0.2, 0.25) is 0 Å². The molecule has 0 atom stereocenters. The zero-order valence-electron chi connectivity index (χ0n) is 36.2. The summed E-state index contributed by atoms with van der Waals surface area (Å²) in [4.78, 5) is 83.6. The molecular weight excluding hydrogens is 853 g/mol. The van der Waals surface area contributed by atoms with E-state index in [0.29, 0.717) is 18.6 Å². The second-order valence-electron chi connectivity index (χ2n) is 15.2. The molecule has 0 bridgehead atoms. The number of benzene rings is 2. The maximum absolute atomic E-state index is 13.1. The molecule has 344 valence electrons. The lowest BCUT2D eigenvalue weighted by atomic mass is 10.2. The SMILES string of the molecule is CCCCCN(C(=O)OC(C)(C)C)c1nc(Oc2ccc([N+](=O)[O-])cc2)c2ncn(CC(=O)O)c2n1.CCCCCNc1nc(Oc2cccc([N+](=O)[O-])c2)c2ncn(CC(=O)O)c2n1. The molecule has 6 aromatic rings. The van der Waals surface area contributed by atoms with E-state index in [1.165, 1.54) is 69.2 Å². The summed E-state index contributed by atoms with van der Waals surface area (Å²) in [7, 11) is 0. The number of fused-ring (bicyclic) bond motifs is 2. The number of ether oxygens (including phenoxy) is 3. The number of nitro benzene ring substituents is 2. The van der Waals surface area contributed by atoms with Gasteiger partial charge in [0.2, 0.25) is 11.9 Å². The lowest BCUT2D eigenvalue weighted by molar-refractivity contribution is -0.385. The maximum Gasteiger partial charge on any atom is 0.417 e. The van der Waals surface area contributed by atoms with Crippen molar-refractivity contribution in [3.05, 3.63) is 81.4 Å². The summed E-state index contributed by atoms with van der Waals surface area (Å²) in [5.74, 6) is -1.45. The van der Waals surface area contributed by atoms with Gasteiger partial charge in [-0.15, -0.1) is 0 Å². The molecule has 24 nitrogen and oxygen atoms in total. The summed E-state index contributed by atoms with van der Waals surface area (Å²) >= 11 is 0. The Hall–Kier alpha value is -8.05. The highest BCUT2D eigenvalue weighted by molar-refractivity contribution is 5.88. The number of hydrogen-bond donors (Lipinski definition) is 3. The highest BCUT2D eigenvalue weighted by Crippen LogP contribution is 2.32. The normalized spacial score (nSPS) is 11.1. The van der Waals surface area contributed by atoms with Gasteiger partial charge in [-0.05, 0) is 51.8 Å². The fraction of sp³-hybridized carbons (Fsp3) is 0.390. The monoisotopic (exact) mass is 900 g/mol. The summed E-state index contributed by atoms with van der Waals surface area (Å²) in [5.41, 5.74) is -0.152. The van der Waals surface area contributed by atoms with Crippen molar-refractivity contribution in [2.24, 2.45) is 0 Å². The number of carboxylic acids is 2. The third kappa shape index (κ3) is 13.5. The van der Waals surface area contributed by atoms with Crippen molar-refractivity contribution in [3.8, 4) is 23.3 Å². The van der Waals surface area contributed by atoms with E-state index in [0.717, 1.165) is 32.1 Å². The number of aliphatic carboxylic acids is 2. The highest BCUT2D eigenvalue weighted by Gasteiger charge is 2.28. The standard InChI is InChI=1S/C23H28N6O7.C18H20N6O5/c1-5-6-7-12-28(22(32)36-23(2,3)4)21-25-19-18(24-14-27(19)13-17(30)31)20(26-21)35-16-10-8-15(9-11-16)29(33)34;1-2-3-4-8-19-18-21-16-15(20-11-23(16)10-14(25)26)17(22-18)29-13-7-5-6-12(9-13)24(27)28/h8-11,14H,5-7,12-13H2,1-4H3,(H,30,31);5-7,9,11H,2-4,8,10H2,1H3,(H,25,26)(H,19,21,22). The molecule has 0 unspecified atom stereocenters. The van der Waals surface area contributed by atoms with Gasteiger partial charge in [0, 0.05) is 31.3 Å². The number of imidazole rings is 2. The van der Waals surface area contributed by atoms with E-state index < -0.39 is 40.0 Å². The fourth-order valence-electron chi connectivity index (χ4n) is 5.90. The van der Waals surface area contributed by atoms with Gasteiger partial charge in [-0.1, -0.05) is 45.6 Å². The van der Waals surface area contributed by atoms with E-state index in [9.17, 15) is 39.7 Å². The van der Waals surface area contributed by atoms with Gasteiger partial charge in [-0.2, -0.15) is 19.9 Å². The molecule has 65 heavy (non-hydrogen) atoms. The molecule has 1 amide bonds. The second-order valence-corrected chi connectivity index (χ2v) is 15.2. The Balaban J connectivity index is 0.000000250. The predicted octanol–water partition coefficient (Wildman–Crippen LogP) is 7.76. The van der Waals surface area contributed by atoms with Crippen molar-refractivity contribution in [2.45, 2.75) is 91.8 Å². The van der Waals surface area contributed by atoms with Gasteiger partial charge in [-0.3, -0.25) is 29.8 Å². The number of rotatable bonds is 20. The van der Waals surface area contributed by atoms with E-state index in [1.54, 1.807) is 26.8 Å². The summed E-state index contributed by atoms with van der Waals surface area (Å²) in [6.45, 7) is 9.50. The number of nitro groups is 2. The molecule has 4 aromatic heterocycles. The van der Waals surface area contributed by atoms with Crippen LogP contribution in [0.5, 0.6) is 23.3 Å². The molecule has 3 N–H and O–H groups in total. The second kappa shape index (κ2) is 21.8. The first-order valence-electron chi connectivity index (χ1n) is 20.4. The minimum absolute atomic E-state index is 0.0444. The van der Waals surface area contributed by atoms with E-state index in [2.05, 4.69) is 42.1 Å². The van der Waals surface area contributed by atoms with E-state index >= 15 is 0 Å². The van der Waals surface area contributed by atoms with Crippen molar-refractivity contribution < 1.29 is 48.7 Å². The number of aromatic nitrogens is 8. The maximum atomic E-state index is 13.1. The van der Waals surface area contributed by atoms with Gasteiger partial charge < -0.3 is 38.9 Å². The lowest BCUT2D eigenvalue weighted by Crippen LogP contribution is -2.38. The van der Waals surface area contributed by atoms with Gasteiger partial charge in [0.25, 0.3) is 23.1 Å². The molecule has 0 aliphatic heterocycles. The van der Waals surface area contributed by atoms with Crippen molar-refractivity contribution in [1.29, 1.82) is 0 Å². The molecule has 0 saturated heterocycles. The average molecular weight is 901 g/mol. The molecule has 2 aromatic carbocycles. The van der Waals surface area contributed by atoms with Crippen molar-refractivity contribution in [1.82, 2.24) is 39.0 Å². The van der Waals surface area contributed by atoms with Crippen molar-refractivity contribution in [3.63, 3.8) is 0 Å². The minimum atomic E-state index is -1.11. The van der Waals surface area contributed by atoms with Crippen LogP contribution in [-0.2, 0) is 27.4 Å². The molecule has 0 radical (unpaired) electrons. The van der Waals surface area contributed by atoms with Crippen LogP contribution in [-0.4, -0.2) is 95.8 Å². The first-order chi connectivity index (χ1) is 31.0. The van der Waals surface area contributed by atoms with Gasteiger partial charge in [0.15, 0.2) is 22.3 Å². The molecule has 6 rings (SSSR count). The topological polar surface area (TPSA) is 308 Å². The van der Waals surface area contributed by atoms with Crippen LogP contribution in [0.1, 0.15) is 73.1 Å². The zero-order valence-corrected chi connectivity index (χ0v) is 36.2. The fourth-order valence-corrected chi connectivity index (χ4v) is 5.90. The smallest absolute Gasteiger partial charge is 0.417 e. The summed E-state index contributed by atoms with van der Waals surface area (Å²) in [6, 6.07) is 11.0. The number of unbranched alkanes of at least 4 members (excludes halogenated alkanes) is 4. The number of non-ortho nitro benzene ring substituents is 2. The number of carboxylic acid groups (broad SMARTS) is 2.